The third-order valence-electron chi connectivity index (χ3n) is 3.70. The fourth-order valence-electron chi connectivity index (χ4n) is 2.48. The molecule has 5 heteroatoms. The van der Waals surface area contributed by atoms with Crippen LogP contribution in [0.2, 0.25) is 0 Å². The molecule has 98 valence electrons. The smallest absolute Gasteiger partial charge is 0.227 e. The summed E-state index contributed by atoms with van der Waals surface area (Å²) in [5.74, 6) is 2.47. The van der Waals surface area contributed by atoms with Crippen LogP contribution in [0.4, 0.5) is 11.8 Å². The Kier molecular flexibility index (Phi) is 3.41. The van der Waals surface area contributed by atoms with Crippen LogP contribution >= 0.6 is 15.9 Å². The highest BCUT2D eigenvalue weighted by Crippen LogP contribution is 2.44. The molecular weight excluding hydrogens is 292 g/mol. The lowest BCUT2D eigenvalue weighted by Gasteiger charge is -2.27. The second-order valence-corrected chi connectivity index (χ2v) is 5.94. The van der Waals surface area contributed by atoms with Gasteiger partial charge in [-0.15, -0.1) is 0 Å². The Balaban J connectivity index is 1.95. The van der Waals surface area contributed by atoms with Crippen molar-refractivity contribution in [3.8, 4) is 0 Å². The molecule has 1 aromatic heterocycles. The zero-order valence-electron chi connectivity index (χ0n) is 10.7. The number of rotatable bonds is 3. The molecule has 0 unspecified atom stereocenters. The van der Waals surface area contributed by atoms with Crippen molar-refractivity contribution in [3.63, 3.8) is 0 Å². The maximum Gasteiger partial charge on any atom is 0.227 e. The predicted molar refractivity (Wildman–Crippen MR) is 77.3 cm³/mol. The van der Waals surface area contributed by atoms with Crippen LogP contribution in [0.25, 0.3) is 0 Å². The van der Waals surface area contributed by atoms with Crippen molar-refractivity contribution in [2.45, 2.75) is 38.0 Å². The average molecular weight is 311 g/mol. The van der Waals surface area contributed by atoms with Crippen molar-refractivity contribution in [1.82, 2.24) is 9.97 Å². The summed E-state index contributed by atoms with van der Waals surface area (Å²) in [5, 5.41) is 3.17. The van der Waals surface area contributed by atoms with Crippen LogP contribution in [0.15, 0.2) is 4.47 Å². The molecule has 1 aliphatic heterocycles. The lowest BCUT2D eigenvalue weighted by atomic mass is 10.1. The second kappa shape index (κ2) is 5.03. The summed E-state index contributed by atoms with van der Waals surface area (Å²) in [4.78, 5) is 11.8. The van der Waals surface area contributed by atoms with Crippen LogP contribution in [0.5, 0.6) is 0 Å². The molecule has 0 atom stereocenters. The Morgan fingerprint density at radius 2 is 1.89 bits per heavy atom. The largest absolute Gasteiger partial charge is 0.372 e. The molecule has 1 aliphatic carbocycles. The first-order chi connectivity index (χ1) is 8.79. The lowest BCUT2D eigenvalue weighted by molar-refractivity contribution is 0.567. The quantitative estimate of drug-likeness (QED) is 0.931. The number of piperidine rings is 1. The normalized spacial score (nSPS) is 20.0. The first-order valence-electron chi connectivity index (χ1n) is 6.79. The number of nitrogens with zero attached hydrogens (tertiary/aromatic N) is 3. The first kappa shape index (κ1) is 12.2. The molecule has 18 heavy (non-hydrogen) atoms. The van der Waals surface area contributed by atoms with Crippen LogP contribution in [-0.2, 0) is 0 Å². The lowest BCUT2D eigenvalue weighted by Crippen LogP contribution is -2.31. The Labute approximate surface area is 116 Å². The summed E-state index contributed by atoms with van der Waals surface area (Å²) in [6.45, 7) is 2.18. The minimum absolute atomic E-state index is 0.637. The van der Waals surface area contributed by atoms with E-state index in [1.807, 2.05) is 7.05 Å². The molecule has 3 rings (SSSR count). The van der Waals surface area contributed by atoms with Gasteiger partial charge in [-0.3, -0.25) is 0 Å². The van der Waals surface area contributed by atoms with Crippen molar-refractivity contribution in [3.05, 3.63) is 10.2 Å². The molecule has 0 spiro atoms. The van der Waals surface area contributed by atoms with Crippen LogP contribution in [0, 0.1) is 0 Å². The average Bonchev–Trinajstić information content (AvgIpc) is 3.24. The third kappa shape index (κ3) is 2.32. The van der Waals surface area contributed by atoms with E-state index < -0.39 is 0 Å². The standard InChI is InChI=1S/C13H19BrN4/c1-15-12-10(14)11(9-5-6-9)16-13(17-12)18-7-3-2-4-8-18/h9H,2-8H2,1H3,(H,15,16,17). The van der Waals surface area contributed by atoms with Crippen molar-refractivity contribution in [2.24, 2.45) is 0 Å². The molecule has 1 N–H and O–H groups in total. The van der Waals surface area contributed by atoms with E-state index in [-0.39, 0.29) is 0 Å². The number of anilines is 2. The van der Waals surface area contributed by atoms with Crippen molar-refractivity contribution in [1.29, 1.82) is 0 Å². The third-order valence-corrected chi connectivity index (χ3v) is 4.49. The van der Waals surface area contributed by atoms with E-state index >= 15 is 0 Å². The summed E-state index contributed by atoms with van der Waals surface area (Å²) in [5.41, 5.74) is 1.19. The fraction of sp³-hybridized carbons (Fsp3) is 0.692. The van der Waals surface area contributed by atoms with Crippen LogP contribution in [0.3, 0.4) is 0 Å². The highest BCUT2D eigenvalue weighted by Gasteiger charge is 2.30. The van der Waals surface area contributed by atoms with Gasteiger partial charge in [-0.2, -0.15) is 4.98 Å². The van der Waals surface area contributed by atoms with Gasteiger partial charge < -0.3 is 10.2 Å². The molecule has 1 saturated carbocycles. The van der Waals surface area contributed by atoms with E-state index in [0.29, 0.717) is 5.92 Å². The fourth-order valence-corrected chi connectivity index (χ4v) is 3.18. The predicted octanol–water partition coefficient (Wildman–Crippen LogP) is 3.15. The van der Waals surface area contributed by atoms with Gasteiger partial charge in [-0.25, -0.2) is 4.98 Å². The van der Waals surface area contributed by atoms with Crippen molar-refractivity contribution in [2.75, 3.05) is 30.4 Å². The van der Waals surface area contributed by atoms with E-state index in [1.54, 1.807) is 0 Å². The Morgan fingerprint density at radius 1 is 1.17 bits per heavy atom. The highest BCUT2D eigenvalue weighted by molar-refractivity contribution is 9.10. The highest BCUT2D eigenvalue weighted by atomic mass is 79.9. The first-order valence-corrected chi connectivity index (χ1v) is 7.59. The zero-order chi connectivity index (χ0) is 12.5. The SMILES string of the molecule is CNc1nc(N2CCCCC2)nc(C2CC2)c1Br. The topological polar surface area (TPSA) is 41.1 Å². The molecule has 0 aromatic carbocycles. The van der Waals surface area contributed by atoms with Crippen LogP contribution in [-0.4, -0.2) is 30.1 Å². The molecule has 2 fully saturated rings. The molecule has 4 nitrogen and oxygen atoms in total. The monoisotopic (exact) mass is 310 g/mol. The number of aromatic nitrogens is 2. The van der Waals surface area contributed by atoms with Gasteiger partial charge in [-0.05, 0) is 48.0 Å². The Morgan fingerprint density at radius 3 is 2.50 bits per heavy atom. The minimum Gasteiger partial charge on any atom is -0.372 e. The maximum atomic E-state index is 4.79. The van der Waals surface area contributed by atoms with Gasteiger partial charge in [0.05, 0.1) is 10.2 Å². The van der Waals surface area contributed by atoms with Gasteiger partial charge in [0.1, 0.15) is 5.82 Å². The molecule has 1 saturated heterocycles. The number of nitrogens with one attached hydrogen (secondary N) is 1. The maximum absolute atomic E-state index is 4.79. The second-order valence-electron chi connectivity index (χ2n) is 5.14. The van der Waals surface area contributed by atoms with E-state index in [1.165, 1.54) is 37.8 Å². The van der Waals surface area contributed by atoms with Crippen molar-refractivity contribution < 1.29 is 0 Å². The van der Waals surface area contributed by atoms with Crippen LogP contribution in [0.1, 0.15) is 43.7 Å². The number of halogens is 1. The molecule has 0 radical (unpaired) electrons. The Bertz CT molecular complexity index is 439. The number of hydrogen-bond acceptors (Lipinski definition) is 4. The summed E-state index contributed by atoms with van der Waals surface area (Å²) in [6, 6.07) is 0. The summed E-state index contributed by atoms with van der Waals surface area (Å²) < 4.78 is 1.05. The van der Waals surface area contributed by atoms with Gasteiger partial charge in [0.2, 0.25) is 5.95 Å². The van der Waals surface area contributed by atoms with Gasteiger partial charge in [0.25, 0.3) is 0 Å². The summed E-state index contributed by atoms with van der Waals surface area (Å²) in [7, 11) is 1.92. The summed E-state index contributed by atoms with van der Waals surface area (Å²) >= 11 is 3.63. The van der Waals surface area contributed by atoms with Gasteiger partial charge in [0.15, 0.2) is 0 Å². The van der Waals surface area contributed by atoms with Crippen molar-refractivity contribution >= 4 is 27.7 Å². The molecule has 0 amide bonds. The van der Waals surface area contributed by atoms with Gasteiger partial charge in [-0.1, -0.05) is 0 Å². The van der Waals surface area contributed by atoms with E-state index in [9.17, 15) is 0 Å². The molecule has 2 aliphatic rings. The van der Waals surface area contributed by atoms with Crippen LogP contribution < -0.4 is 10.2 Å². The number of hydrogen-bond donors (Lipinski definition) is 1. The van der Waals surface area contributed by atoms with E-state index in [0.717, 1.165) is 29.3 Å². The van der Waals surface area contributed by atoms with Gasteiger partial charge in [0, 0.05) is 26.1 Å². The minimum atomic E-state index is 0.637. The molecule has 1 aromatic rings. The summed E-state index contributed by atoms with van der Waals surface area (Å²) in [6.07, 6.45) is 6.37. The molecule has 2 heterocycles. The van der Waals surface area contributed by atoms with E-state index in [4.69, 9.17) is 4.98 Å². The van der Waals surface area contributed by atoms with Gasteiger partial charge >= 0.3 is 0 Å². The molecular formula is C13H19BrN4. The van der Waals surface area contributed by atoms with E-state index in [2.05, 4.69) is 31.1 Å². The molecule has 0 bridgehead atoms. The Hall–Kier alpha value is -0.840. The zero-order valence-corrected chi connectivity index (χ0v) is 12.3.